The number of nitriles is 1. The summed E-state index contributed by atoms with van der Waals surface area (Å²) in [4.78, 5) is 38.9. The van der Waals surface area contributed by atoms with E-state index in [-0.39, 0.29) is 17.5 Å². The Balaban J connectivity index is 1.80. The van der Waals surface area contributed by atoms with Gasteiger partial charge in [-0.05, 0) is 30.5 Å². The summed E-state index contributed by atoms with van der Waals surface area (Å²) in [5.41, 5.74) is -0.523. The molecule has 0 unspecified atom stereocenters. The van der Waals surface area contributed by atoms with E-state index >= 15 is 0 Å². The van der Waals surface area contributed by atoms with Crippen LogP contribution in [0.2, 0.25) is 0 Å². The van der Waals surface area contributed by atoms with E-state index in [9.17, 15) is 14.4 Å². The van der Waals surface area contributed by atoms with E-state index in [1.54, 1.807) is 26.3 Å². The molecule has 0 bridgehead atoms. The number of likely N-dealkylation sites (N-methyl/N-ethyl adjacent to an activating group) is 1. The molecule has 0 aliphatic heterocycles. The lowest BCUT2D eigenvalue weighted by Gasteiger charge is -2.18. The molecule has 0 spiro atoms. The zero-order chi connectivity index (χ0) is 19.6. The SMILES string of the molecule is COc1ccc(CN(C)C(=O)Cn2c(=O)c(C#N)cn(C3CC3)c2=O)cc1. The fourth-order valence-electron chi connectivity index (χ4n) is 2.80. The quantitative estimate of drug-likeness (QED) is 0.754. The van der Waals surface area contributed by atoms with Crippen LogP contribution in [0.3, 0.4) is 0 Å². The first-order valence-electron chi connectivity index (χ1n) is 8.57. The van der Waals surface area contributed by atoms with Crippen LogP contribution >= 0.6 is 0 Å². The van der Waals surface area contributed by atoms with Crippen molar-refractivity contribution in [2.24, 2.45) is 0 Å². The molecular weight excluding hydrogens is 348 g/mol. The Morgan fingerprint density at radius 1 is 1.30 bits per heavy atom. The van der Waals surface area contributed by atoms with Crippen molar-refractivity contribution < 1.29 is 9.53 Å². The lowest BCUT2D eigenvalue weighted by atomic mass is 10.2. The van der Waals surface area contributed by atoms with Gasteiger partial charge in [-0.1, -0.05) is 12.1 Å². The number of hydrogen-bond acceptors (Lipinski definition) is 5. The fraction of sp³-hybridized carbons (Fsp3) is 0.368. The second kappa shape index (κ2) is 7.50. The summed E-state index contributed by atoms with van der Waals surface area (Å²) < 4.78 is 7.34. The van der Waals surface area contributed by atoms with Crippen molar-refractivity contribution in [1.82, 2.24) is 14.0 Å². The minimum Gasteiger partial charge on any atom is -0.497 e. The molecule has 0 radical (unpaired) electrons. The van der Waals surface area contributed by atoms with Crippen LogP contribution in [0.15, 0.2) is 40.1 Å². The molecule has 0 saturated heterocycles. The second-order valence-electron chi connectivity index (χ2n) is 6.56. The Bertz CT molecular complexity index is 1010. The average Bonchev–Trinajstić information content (AvgIpc) is 3.50. The van der Waals surface area contributed by atoms with E-state index in [1.807, 2.05) is 18.2 Å². The van der Waals surface area contributed by atoms with Crippen LogP contribution in [-0.4, -0.2) is 34.1 Å². The molecule has 27 heavy (non-hydrogen) atoms. The number of methoxy groups -OCH3 is 1. The summed E-state index contributed by atoms with van der Waals surface area (Å²) in [5.74, 6) is 0.329. The molecule has 1 heterocycles. The summed E-state index contributed by atoms with van der Waals surface area (Å²) in [5, 5.41) is 9.16. The maximum atomic E-state index is 12.6. The molecule has 140 valence electrons. The van der Waals surface area contributed by atoms with E-state index < -0.39 is 17.8 Å². The maximum Gasteiger partial charge on any atom is 0.331 e. The predicted molar refractivity (Wildman–Crippen MR) is 97.4 cm³/mol. The van der Waals surface area contributed by atoms with Gasteiger partial charge in [-0.25, -0.2) is 9.36 Å². The molecule has 1 aromatic heterocycles. The zero-order valence-electron chi connectivity index (χ0n) is 15.2. The topological polar surface area (TPSA) is 97.3 Å². The lowest BCUT2D eigenvalue weighted by Crippen LogP contribution is -2.44. The first kappa shape index (κ1) is 18.5. The Hall–Kier alpha value is -3.34. The number of benzene rings is 1. The molecule has 0 N–H and O–H groups in total. The molecule has 3 rings (SSSR count). The lowest BCUT2D eigenvalue weighted by molar-refractivity contribution is -0.131. The number of hydrogen-bond donors (Lipinski definition) is 0. The van der Waals surface area contributed by atoms with E-state index in [1.165, 1.54) is 15.7 Å². The van der Waals surface area contributed by atoms with Gasteiger partial charge in [-0.2, -0.15) is 5.26 Å². The Morgan fingerprint density at radius 2 is 1.96 bits per heavy atom. The first-order chi connectivity index (χ1) is 12.9. The van der Waals surface area contributed by atoms with Crippen LogP contribution in [0.4, 0.5) is 0 Å². The number of rotatable bonds is 6. The molecule has 1 aromatic carbocycles. The van der Waals surface area contributed by atoms with E-state index in [0.717, 1.165) is 23.0 Å². The summed E-state index contributed by atoms with van der Waals surface area (Å²) in [6.45, 7) is -0.0705. The highest BCUT2D eigenvalue weighted by molar-refractivity contribution is 5.75. The smallest absolute Gasteiger partial charge is 0.331 e. The molecular formula is C19H20N4O4. The van der Waals surface area contributed by atoms with Crippen molar-refractivity contribution in [1.29, 1.82) is 5.26 Å². The van der Waals surface area contributed by atoms with Crippen LogP contribution in [0.1, 0.15) is 30.0 Å². The third-order valence-corrected chi connectivity index (χ3v) is 4.55. The van der Waals surface area contributed by atoms with Gasteiger partial charge in [0.2, 0.25) is 5.91 Å². The normalized spacial score (nSPS) is 13.1. The molecule has 1 aliphatic carbocycles. The highest BCUT2D eigenvalue weighted by atomic mass is 16.5. The Kier molecular flexibility index (Phi) is 5.12. The van der Waals surface area contributed by atoms with Gasteiger partial charge in [-0.15, -0.1) is 0 Å². The van der Waals surface area contributed by atoms with Gasteiger partial charge >= 0.3 is 5.69 Å². The number of ether oxygens (including phenoxy) is 1. The van der Waals surface area contributed by atoms with Crippen LogP contribution in [0, 0.1) is 11.3 Å². The van der Waals surface area contributed by atoms with Crippen molar-refractivity contribution in [2.45, 2.75) is 32.0 Å². The molecule has 1 fully saturated rings. The van der Waals surface area contributed by atoms with Crippen molar-refractivity contribution in [3.8, 4) is 11.8 Å². The number of amides is 1. The third kappa shape index (κ3) is 3.92. The number of carbonyl (C=O) groups excluding carboxylic acids is 1. The average molecular weight is 368 g/mol. The Labute approximate surface area is 155 Å². The van der Waals surface area contributed by atoms with E-state index in [2.05, 4.69) is 0 Å². The minimum absolute atomic E-state index is 0.00332. The zero-order valence-corrected chi connectivity index (χ0v) is 15.2. The van der Waals surface area contributed by atoms with Crippen molar-refractivity contribution in [3.05, 3.63) is 62.4 Å². The standard InChI is InChI=1S/C19H20N4O4/c1-21(10-13-3-7-16(27-2)8-4-13)17(24)12-23-18(25)14(9-20)11-22(19(23)26)15-5-6-15/h3-4,7-8,11,15H,5-6,10,12H2,1-2H3. The van der Waals surface area contributed by atoms with Gasteiger partial charge in [0.15, 0.2) is 0 Å². The van der Waals surface area contributed by atoms with Crippen LogP contribution in [0.5, 0.6) is 5.75 Å². The summed E-state index contributed by atoms with van der Waals surface area (Å²) in [7, 11) is 3.18. The van der Waals surface area contributed by atoms with Crippen LogP contribution < -0.4 is 16.0 Å². The van der Waals surface area contributed by atoms with E-state index in [4.69, 9.17) is 10.00 Å². The second-order valence-corrected chi connectivity index (χ2v) is 6.56. The number of carbonyl (C=O) groups is 1. The third-order valence-electron chi connectivity index (χ3n) is 4.55. The van der Waals surface area contributed by atoms with Crippen molar-refractivity contribution in [3.63, 3.8) is 0 Å². The highest BCUT2D eigenvalue weighted by Gasteiger charge is 2.27. The number of aromatic nitrogens is 2. The van der Waals surface area contributed by atoms with Gasteiger partial charge in [-0.3, -0.25) is 14.2 Å². The largest absolute Gasteiger partial charge is 0.497 e. The summed E-state index contributed by atoms with van der Waals surface area (Å²) >= 11 is 0. The van der Waals surface area contributed by atoms with Gasteiger partial charge in [0.05, 0.1) is 7.11 Å². The molecule has 1 amide bonds. The van der Waals surface area contributed by atoms with Crippen LogP contribution in [0.25, 0.3) is 0 Å². The van der Waals surface area contributed by atoms with Crippen LogP contribution in [-0.2, 0) is 17.9 Å². The number of nitrogens with zero attached hydrogens (tertiary/aromatic N) is 4. The van der Waals surface area contributed by atoms with Crippen molar-refractivity contribution >= 4 is 5.91 Å². The molecule has 2 aromatic rings. The molecule has 1 aliphatic rings. The minimum atomic E-state index is -0.731. The van der Waals surface area contributed by atoms with Gasteiger partial charge in [0, 0.05) is 25.8 Å². The fourth-order valence-corrected chi connectivity index (χ4v) is 2.80. The highest BCUT2D eigenvalue weighted by Crippen LogP contribution is 2.33. The summed E-state index contributed by atoms with van der Waals surface area (Å²) in [6, 6.07) is 9.08. The molecule has 8 nitrogen and oxygen atoms in total. The molecule has 0 atom stereocenters. The van der Waals surface area contributed by atoms with Crippen molar-refractivity contribution in [2.75, 3.05) is 14.2 Å². The predicted octanol–water partition coefficient (Wildman–Crippen LogP) is 0.884. The maximum absolute atomic E-state index is 12.6. The summed E-state index contributed by atoms with van der Waals surface area (Å²) in [6.07, 6.45) is 2.95. The van der Waals surface area contributed by atoms with Gasteiger partial charge in [0.1, 0.15) is 23.9 Å². The van der Waals surface area contributed by atoms with E-state index in [0.29, 0.717) is 12.3 Å². The Morgan fingerprint density at radius 3 is 2.52 bits per heavy atom. The first-order valence-corrected chi connectivity index (χ1v) is 8.57. The molecule has 1 saturated carbocycles. The molecule has 8 heteroatoms. The monoisotopic (exact) mass is 368 g/mol. The van der Waals surface area contributed by atoms with Gasteiger partial charge in [0.25, 0.3) is 5.56 Å². The van der Waals surface area contributed by atoms with Gasteiger partial charge < -0.3 is 9.64 Å².